The first kappa shape index (κ1) is 18.1. The Balaban J connectivity index is 1.46. The van der Waals surface area contributed by atoms with Crippen LogP contribution >= 0.6 is 0 Å². The van der Waals surface area contributed by atoms with Gasteiger partial charge in [-0.15, -0.1) is 0 Å². The molecule has 6 rings (SSSR count). The molecule has 0 N–H and O–H groups in total. The average Bonchev–Trinajstić information content (AvgIpc) is 3.01. The van der Waals surface area contributed by atoms with E-state index < -0.39 is 17.0 Å². The molecule has 0 spiro atoms. The number of fused-ring (bicyclic) bond motifs is 5. The highest BCUT2D eigenvalue weighted by molar-refractivity contribution is 5.65. The van der Waals surface area contributed by atoms with Crippen molar-refractivity contribution in [1.29, 1.82) is 0 Å². The molecule has 2 saturated heterocycles. The number of rotatable bonds is 1. The lowest BCUT2D eigenvalue weighted by Crippen LogP contribution is -2.70. The topological polar surface area (TPSA) is 54.0 Å². The molecule has 4 aliphatic carbocycles. The summed E-state index contributed by atoms with van der Waals surface area (Å²) in [5.74, 6) is -0.674. The summed E-state index contributed by atoms with van der Waals surface area (Å²) in [6.07, 6.45) is 12.6. The van der Waals surface area contributed by atoms with E-state index in [4.69, 9.17) is 18.9 Å². The number of allylic oxidation sites excluding steroid dienone is 2. The fourth-order valence-corrected chi connectivity index (χ4v) is 8.27. The molecule has 0 radical (unpaired) electrons. The van der Waals surface area contributed by atoms with Crippen molar-refractivity contribution in [2.45, 2.75) is 69.9 Å². The Morgan fingerprint density at radius 1 is 1.00 bits per heavy atom. The van der Waals surface area contributed by atoms with E-state index in [9.17, 15) is 4.79 Å². The second kappa shape index (κ2) is 5.90. The maximum atomic E-state index is 12.8. The first-order chi connectivity index (χ1) is 13.6. The van der Waals surface area contributed by atoms with E-state index in [1.807, 2.05) is 0 Å². The summed E-state index contributed by atoms with van der Waals surface area (Å²) in [4.78, 5) is 12.8. The molecule has 0 aromatic heterocycles. The van der Waals surface area contributed by atoms with Gasteiger partial charge in [-0.25, -0.2) is 0 Å². The van der Waals surface area contributed by atoms with Gasteiger partial charge in [-0.05, 0) is 61.7 Å². The third kappa shape index (κ3) is 1.91. The van der Waals surface area contributed by atoms with Crippen LogP contribution in [-0.4, -0.2) is 44.3 Å². The summed E-state index contributed by atoms with van der Waals surface area (Å²) >= 11 is 0. The van der Waals surface area contributed by atoms with E-state index >= 15 is 0 Å². The highest BCUT2D eigenvalue weighted by Crippen LogP contribution is 2.71. The second-order valence-electron chi connectivity index (χ2n) is 10.1. The predicted octanol–water partition coefficient (Wildman–Crippen LogP) is 3.61. The lowest BCUT2D eigenvalue weighted by Gasteiger charge is -2.59. The molecule has 0 bridgehead atoms. The van der Waals surface area contributed by atoms with Gasteiger partial charge < -0.3 is 23.7 Å². The quantitative estimate of drug-likeness (QED) is 0.507. The molecular weight excluding hydrogens is 356 g/mol. The molecular formula is C23H32O5. The molecule has 0 amide bonds. The Morgan fingerprint density at radius 3 is 2.50 bits per heavy atom. The Hall–Kier alpha value is -0.750. The Kier molecular flexibility index (Phi) is 3.81. The molecule has 3 saturated carbocycles. The molecule has 28 heavy (non-hydrogen) atoms. The van der Waals surface area contributed by atoms with Crippen LogP contribution in [0.25, 0.3) is 0 Å². The molecule has 2 heterocycles. The van der Waals surface area contributed by atoms with E-state index in [0.717, 1.165) is 19.3 Å². The van der Waals surface area contributed by atoms with Crippen molar-refractivity contribution in [1.82, 2.24) is 0 Å². The van der Waals surface area contributed by atoms with Crippen molar-refractivity contribution in [3.8, 4) is 0 Å². The van der Waals surface area contributed by atoms with Crippen molar-refractivity contribution in [3.05, 3.63) is 11.6 Å². The maximum Gasteiger partial charge on any atom is 0.236 e. The summed E-state index contributed by atoms with van der Waals surface area (Å²) in [6.45, 7) is 4.42. The van der Waals surface area contributed by atoms with Crippen LogP contribution in [0.5, 0.6) is 0 Å². The summed E-state index contributed by atoms with van der Waals surface area (Å²) in [7, 11) is 0. The zero-order valence-electron chi connectivity index (χ0n) is 16.9. The van der Waals surface area contributed by atoms with Gasteiger partial charge in [0.2, 0.25) is 11.6 Å². The van der Waals surface area contributed by atoms with Gasteiger partial charge in [0.15, 0.2) is 0 Å². The summed E-state index contributed by atoms with van der Waals surface area (Å²) in [5.41, 5.74) is 1.32. The first-order valence-electron chi connectivity index (χ1n) is 11.3. The maximum absolute atomic E-state index is 12.8. The van der Waals surface area contributed by atoms with Gasteiger partial charge in [0, 0.05) is 6.42 Å². The van der Waals surface area contributed by atoms with Crippen LogP contribution in [0.15, 0.2) is 11.6 Å². The minimum Gasteiger partial charge on any atom is -0.343 e. The molecule has 5 fully saturated rings. The molecule has 6 aliphatic rings. The first-order valence-corrected chi connectivity index (χ1v) is 11.3. The van der Waals surface area contributed by atoms with Gasteiger partial charge in [-0.3, -0.25) is 0 Å². The summed E-state index contributed by atoms with van der Waals surface area (Å²) < 4.78 is 25.2. The fraction of sp³-hybridized carbons (Fsp3) is 0.870. The molecule has 5 nitrogen and oxygen atoms in total. The van der Waals surface area contributed by atoms with E-state index in [1.54, 1.807) is 5.57 Å². The molecule has 5 heteroatoms. The lowest BCUT2D eigenvalue weighted by atomic mass is 9.47. The van der Waals surface area contributed by atoms with Crippen LogP contribution in [-0.2, 0) is 23.7 Å². The summed E-state index contributed by atoms with van der Waals surface area (Å²) in [6, 6.07) is 0. The van der Waals surface area contributed by atoms with Crippen molar-refractivity contribution in [2.24, 2.45) is 28.6 Å². The third-order valence-electron chi connectivity index (χ3n) is 9.41. The zero-order chi connectivity index (χ0) is 19.0. The number of ether oxygens (including phenoxy) is 4. The van der Waals surface area contributed by atoms with Crippen molar-refractivity contribution >= 4 is 6.29 Å². The highest BCUT2D eigenvalue weighted by atomic mass is 16.8. The molecule has 0 aromatic rings. The van der Waals surface area contributed by atoms with Gasteiger partial charge in [0.05, 0.1) is 31.8 Å². The smallest absolute Gasteiger partial charge is 0.236 e. The molecule has 0 aromatic carbocycles. The monoisotopic (exact) mass is 388 g/mol. The van der Waals surface area contributed by atoms with E-state index in [1.165, 1.54) is 32.0 Å². The minimum atomic E-state index is -1.06. The van der Waals surface area contributed by atoms with Crippen LogP contribution in [0, 0.1) is 28.6 Å². The number of carbonyl (C=O) groups is 1. The predicted molar refractivity (Wildman–Crippen MR) is 101 cm³/mol. The Labute approximate surface area is 167 Å². The Bertz CT molecular complexity index is 704. The zero-order valence-corrected chi connectivity index (χ0v) is 16.9. The largest absolute Gasteiger partial charge is 0.343 e. The van der Waals surface area contributed by atoms with Gasteiger partial charge in [0.25, 0.3) is 0 Å². The number of hydrogen-bond donors (Lipinski definition) is 0. The van der Waals surface area contributed by atoms with Gasteiger partial charge in [-0.1, -0.05) is 25.0 Å². The number of carbonyl (C=O) groups excluding carboxylic acids is 1. The van der Waals surface area contributed by atoms with Crippen LogP contribution in [0.1, 0.15) is 58.3 Å². The molecule has 2 aliphatic heterocycles. The Morgan fingerprint density at radius 2 is 1.75 bits per heavy atom. The van der Waals surface area contributed by atoms with E-state index in [0.29, 0.717) is 50.1 Å². The lowest BCUT2D eigenvalue weighted by molar-refractivity contribution is -0.469. The SMILES string of the molecule is C[C@]12CCCCC1=CC[C@@H]1[C@@H]2CC[C@@]2(C=O)[C@H]1CC13OCCOC12OCCO3. The van der Waals surface area contributed by atoms with Crippen LogP contribution < -0.4 is 0 Å². The molecule has 154 valence electrons. The third-order valence-corrected chi connectivity index (χ3v) is 9.41. The average molecular weight is 389 g/mol. The molecule has 5 atom stereocenters. The van der Waals surface area contributed by atoms with Crippen molar-refractivity contribution < 1.29 is 23.7 Å². The summed E-state index contributed by atoms with van der Waals surface area (Å²) in [5, 5.41) is 0. The van der Waals surface area contributed by atoms with E-state index in [-0.39, 0.29) is 5.92 Å². The van der Waals surface area contributed by atoms with Crippen molar-refractivity contribution in [3.63, 3.8) is 0 Å². The van der Waals surface area contributed by atoms with Gasteiger partial charge in [0.1, 0.15) is 6.29 Å². The van der Waals surface area contributed by atoms with Crippen LogP contribution in [0.2, 0.25) is 0 Å². The van der Waals surface area contributed by atoms with Gasteiger partial charge in [-0.2, -0.15) is 0 Å². The highest BCUT2D eigenvalue weighted by Gasteiger charge is 2.80. The van der Waals surface area contributed by atoms with E-state index in [2.05, 4.69) is 13.0 Å². The van der Waals surface area contributed by atoms with Crippen LogP contribution in [0.3, 0.4) is 0 Å². The van der Waals surface area contributed by atoms with Gasteiger partial charge >= 0.3 is 0 Å². The normalized spacial score (nSPS) is 55.0. The van der Waals surface area contributed by atoms with Crippen molar-refractivity contribution in [2.75, 3.05) is 26.4 Å². The number of aldehydes is 1. The fourth-order valence-electron chi connectivity index (χ4n) is 8.27. The second-order valence-corrected chi connectivity index (χ2v) is 10.1. The van der Waals surface area contributed by atoms with Crippen LogP contribution in [0.4, 0.5) is 0 Å². The standard InChI is InChI=1S/C23H32O5/c1-20-8-3-2-4-16(20)5-6-17-18(20)7-9-21(15-24)19(17)14-22-23(21,27-12-10-25-22)28-13-11-26-22/h5,15,17-19H,2-4,6-14H2,1H3/t17-,18+,19+,20+,21-,22?,23?/m1/s1. The minimum absolute atomic E-state index is 0.191. The molecule has 0 unspecified atom stereocenters. The number of hydrogen-bond acceptors (Lipinski definition) is 5.